The minimum Gasteiger partial charge on any atom is -0.488 e. The number of epoxide rings is 1. The Kier molecular flexibility index (Phi) is 8.62. The highest BCUT2D eigenvalue weighted by Gasteiger charge is 2.29. The van der Waals surface area contributed by atoms with E-state index >= 15 is 0 Å². The van der Waals surface area contributed by atoms with E-state index in [2.05, 4.69) is 123 Å². The van der Waals surface area contributed by atoms with Crippen LogP contribution < -0.4 is 9.47 Å². The monoisotopic (exact) mass is 680 g/mol. The van der Waals surface area contributed by atoms with Crippen molar-refractivity contribution in [3.8, 4) is 11.5 Å². The van der Waals surface area contributed by atoms with Crippen LogP contribution in [0.3, 0.4) is 0 Å². The third kappa shape index (κ3) is 6.08. The molecule has 1 heterocycles. The van der Waals surface area contributed by atoms with Crippen molar-refractivity contribution in [2.24, 2.45) is 5.92 Å². The molecule has 3 rings (SSSR count). The zero-order valence-corrected chi connectivity index (χ0v) is 24.7. The third-order valence-electron chi connectivity index (χ3n) is 5.67. The van der Waals surface area contributed by atoms with E-state index < -0.39 is 0 Å². The zero-order chi connectivity index (χ0) is 22.9. The highest BCUT2D eigenvalue weighted by atomic mass is 79.9. The molecule has 0 bridgehead atoms. The molecule has 0 saturated carbocycles. The Balaban J connectivity index is 1.90. The Hall–Kier alpha value is -0.0800. The van der Waals surface area contributed by atoms with Crippen LogP contribution >= 0.6 is 63.7 Å². The fourth-order valence-corrected chi connectivity index (χ4v) is 6.23. The summed E-state index contributed by atoms with van der Waals surface area (Å²) in [6.07, 6.45) is 1.35. The highest BCUT2D eigenvalue weighted by molar-refractivity contribution is 9.11. The second-order valence-corrected chi connectivity index (χ2v) is 12.2. The molecule has 0 amide bonds. The molecular weight excluding hydrogens is 656 g/mol. The lowest BCUT2D eigenvalue weighted by molar-refractivity contribution is 0.145. The molecule has 7 heteroatoms. The second-order valence-electron chi connectivity index (χ2n) is 8.74. The summed E-state index contributed by atoms with van der Waals surface area (Å²) in [4.78, 5) is 0. The zero-order valence-electron chi connectivity index (χ0n) is 18.4. The van der Waals surface area contributed by atoms with Crippen molar-refractivity contribution in [2.75, 3.05) is 13.2 Å². The summed E-state index contributed by atoms with van der Waals surface area (Å²) in [6.45, 7) is 12.3. The van der Waals surface area contributed by atoms with E-state index in [1.54, 1.807) is 0 Å². The van der Waals surface area contributed by atoms with Gasteiger partial charge in [-0.2, -0.15) is 0 Å². The van der Waals surface area contributed by atoms with Crippen LogP contribution in [0, 0.1) is 5.92 Å². The van der Waals surface area contributed by atoms with Crippen LogP contribution in [-0.2, 0) is 10.2 Å². The molecule has 2 aromatic carbocycles. The van der Waals surface area contributed by atoms with Gasteiger partial charge >= 0.3 is 0 Å². The van der Waals surface area contributed by atoms with Crippen LogP contribution in [0.1, 0.15) is 52.2 Å². The first-order valence-electron chi connectivity index (χ1n) is 10.4. The summed E-state index contributed by atoms with van der Waals surface area (Å²) in [5.74, 6) is 2.11. The highest BCUT2D eigenvalue weighted by Crippen LogP contribution is 2.44. The van der Waals surface area contributed by atoms with Gasteiger partial charge in [-0.05, 0) is 111 Å². The van der Waals surface area contributed by atoms with Crippen molar-refractivity contribution < 1.29 is 14.2 Å². The molecule has 2 aromatic rings. The van der Waals surface area contributed by atoms with Crippen LogP contribution in [0.15, 0.2) is 42.2 Å². The van der Waals surface area contributed by atoms with Gasteiger partial charge in [-0.3, -0.25) is 0 Å². The number of hydrogen-bond donors (Lipinski definition) is 0. The van der Waals surface area contributed by atoms with Gasteiger partial charge in [-0.15, -0.1) is 0 Å². The van der Waals surface area contributed by atoms with Gasteiger partial charge in [0.1, 0.15) is 30.3 Å². The van der Waals surface area contributed by atoms with Crippen LogP contribution in [0.25, 0.3) is 0 Å². The van der Waals surface area contributed by atoms with E-state index in [9.17, 15) is 0 Å². The van der Waals surface area contributed by atoms with E-state index in [4.69, 9.17) is 14.2 Å². The van der Waals surface area contributed by atoms with Crippen molar-refractivity contribution >= 4 is 63.7 Å². The largest absolute Gasteiger partial charge is 0.488 e. The SMILES string of the molecule is CCC(Oc1c(Br)cc(C(C)(C)c2cc(Br)c(OCC3CO3)c(Br)c2)cc1Br)C(C)C. The molecule has 2 unspecified atom stereocenters. The van der Waals surface area contributed by atoms with E-state index in [1.165, 1.54) is 11.1 Å². The number of hydrogen-bond acceptors (Lipinski definition) is 3. The molecule has 0 N–H and O–H groups in total. The number of halogens is 4. The average Bonchev–Trinajstić information content (AvgIpc) is 3.50. The average molecular weight is 684 g/mol. The molecule has 170 valence electrons. The van der Waals surface area contributed by atoms with Crippen molar-refractivity contribution in [1.29, 1.82) is 0 Å². The molecule has 2 atom stereocenters. The lowest BCUT2D eigenvalue weighted by Crippen LogP contribution is -2.23. The third-order valence-corrected chi connectivity index (χ3v) is 8.03. The van der Waals surface area contributed by atoms with Crippen LogP contribution in [0.5, 0.6) is 11.5 Å². The maximum atomic E-state index is 6.33. The minimum atomic E-state index is -0.241. The Labute approximate surface area is 219 Å². The maximum Gasteiger partial charge on any atom is 0.148 e. The van der Waals surface area contributed by atoms with Gasteiger partial charge in [0.2, 0.25) is 0 Å². The van der Waals surface area contributed by atoms with Gasteiger partial charge in [0.25, 0.3) is 0 Å². The second kappa shape index (κ2) is 10.5. The Morgan fingerprint density at radius 1 is 0.935 bits per heavy atom. The van der Waals surface area contributed by atoms with Crippen LogP contribution in [-0.4, -0.2) is 25.4 Å². The topological polar surface area (TPSA) is 31.0 Å². The maximum absolute atomic E-state index is 6.33. The molecular formula is C24H28Br4O3. The molecule has 0 spiro atoms. The first kappa shape index (κ1) is 25.5. The quantitative estimate of drug-likeness (QED) is 0.248. The first-order chi connectivity index (χ1) is 14.5. The number of ether oxygens (including phenoxy) is 3. The molecule has 3 nitrogen and oxygen atoms in total. The minimum absolute atomic E-state index is 0.173. The van der Waals surface area contributed by atoms with Gasteiger partial charge in [-0.25, -0.2) is 0 Å². The smallest absolute Gasteiger partial charge is 0.148 e. The molecule has 0 radical (unpaired) electrons. The Morgan fingerprint density at radius 3 is 1.77 bits per heavy atom. The summed E-state index contributed by atoms with van der Waals surface area (Å²) in [6, 6.07) is 8.57. The molecule has 1 fully saturated rings. The summed E-state index contributed by atoms with van der Waals surface area (Å²) in [5, 5.41) is 0. The van der Waals surface area contributed by atoms with E-state index in [0.29, 0.717) is 12.5 Å². The van der Waals surface area contributed by atoms with Crippen molar-refractivity contribution in [1.82, 2.24) is 0 Å². The fourth-order valence-electron chi connectivity index (χ4n) is 3.44. The summed E-state index contributed by atoms with van der Waals surface area (Å²) in [7, 11) is 0. The summed E-state index contributed by atoms with van der Waals surface area (Å²) >= 11 is 14.9. The lowest BCUT2D eigenvalue weighted by atomic mass is 9.78. The van der Waals surface area contributed by atoms with Crippen molar-refractivity contribution in [3.05, 3.63) is 53.3 Å². The Morgan fingerprint density at radius 2 is 1.39 bits per heavy atom. The molecule has 31 heavy (non-hydrogen) atoms. The molecule has 1 saturated heterocycles. The summed E-state index contributed by atoms with van der Waals surface area (Å²) < 4.78 is 21.3. The predicted molar refractivity (Wildman–Crippen MR) is 141 cm³/mol. The lowest BCUT2D eigenvalue weighted by Gasteiger charge is -2.29. The van der Waals surface area contributed by atoms with Gasteiger partial charge in [-0.1, -0.05) is 34.6 Å². The van der Waals surface area contributed by atoms with E-state index in [0.717, 1.165) is 42.4 Å². The van der Waals surface area contributed by atoms with Gasteiger partial charge < -0.3 is 14.2 Å². The number of benzene rings is 2. The van der Waals surface area contributed by atoms with Gasteiger partial charge in [0.15, 0.2) is 0 Å². The normalized spacial score (nSPS) is 17.0. The fraction of sp³-hybridized carbons (Fsp3) is 0.500. The predicted octanol–water partition coefficient (Wildman–Crippen LogP) is 8.65. The van der Waals surface area contributed by atoms with Crippen molar-refractivity contribution in [2.45, 2.75) is 58.7 Å². The van der Waals surface area contributed by atoms with Crippen LogP contribution in [0.2, 0.25) is 0 Å². The molecule has 1 aliphatic heterocycles. The first-order valence-corrected chi connectivity index (χ1v) is 13.6. The van der Waals surface area contributed by atoms with Gasteiger partial charge in [0, 0.05) is 5.41 Å². The molecule has 0 aliphatic carbocycles. The standard InChI is InChI=1S/C24H28Br4O3/c1-6-21(13(2)3)31-23-19(27)9-15(10-20(23)28)24(4,5)14-7-17(25)22(18(26)8-14)30-12-16-11-29-16/h7-10,13,16,21H,6,11-12H2,1-5H3. The molecule has 0 aromatic heterocycles. The number of rotatable bonds is 9. The van der Waals surface area contributed by atoms with E-state index in [-0.39, 0.29) is 17.6 Å². The molecule has 1 aliphatic rings. The van der Waals surface area contributed by atoms with Crippen LogP contribution in [0.4, 0.5) is 0 Å². The Bertz CT molecular complexity index is 892. The van der Waals surface area contributed by atoms with E-state index in [1.807, 2.05) is 0 Å². The van der Waals surface area contributed by atoms with Crippen molar-refractivity contribution in [3.63, 3.8) is 0 Å². The van der Waals surface area contributed by atoms with Gasteiger partial charge in [0.05, 0.1) is 24.5 Å². The summed E-state index contributed by atoms with van der Waals surface area (Å²) in [5.41, 5.74) is 2.10.